The van der Waals surface area contributed by atoms with E-state index in [1.54, 1.807) is 32.0 Å². The molecule has 0 aliphatic rings. The summed E-state index contributed by atoms with van der Waals surface area (Å²) in [6.45, 7) is 3.39. The van der Waals surface area contributed by atoms with Crippen molar-refractivity contribution in [2.24, 2.45) is 0 Å². The van der Waals surface area contributed by atoms with Crippen molar-refractivity contribution in [3.63, 3.8) is 0 Å². The normalized spacial score (nSPS) is 14.0. The average Bonchev–Trinajstić information content (AvgIpc) is 2.09. The Morgan fingerprint density at radius 3 is 1.93 bits per heavy atom. The van der Waals surface area contributed by atoms with Crippen LogP contribution in [0.4, 0.5) is 13.2 Å². The van der Waals surface area contributed by atoms with Gasteiger partial charge in [0.1, 0.15) is 6.04 Å². The van der Waals surface area contributed by atoms with E-state index in [9.17, 15) is 13.2 Å². The molecular weight excluding hydrogens is 203 g/mol. The van der Waals surface area contributed by atoms with Crippen molar-refractivity contribution in [2.75, 3.05) is 7.05 Å². The van der Waals surface area contributed by atoms with Gasteiger partial charge in [-0.2, -0.15) is 13.2 Å². The molecule has 15 heavy (non-hydrogen) atoms. The molecule has 1 rings (SSSR count). The molecular formula is C11H14F3N. The third-order valence-electron chi connectivity index (χ3n) is 2.45. The Bertz CT molecular complexity index is 324. The molecule has 0 heterocycles. The molecule has 0 radical (unpaired) electrons. The molecule has 1 nitrogen and oxygen atoms in total. The minimum atomic E-state index is -4.26. The third kappa shape index (κ3) is 2.50. The molecule has 0 aliphatic heterocycles. The second-order valence-corrected chi connectivity index (χ2v) is 3.57. The quantitative estimate of drug-likeness (QED) is 0.802. The van der Waals surface area contributed by atoms with Crippen molar-refractivity contribution in [3.8, 4) is 0 Å². The van der Waals surface area contributed by atoms with Gasteiger partial charge in [-0.3, -0.25) is 0 Å². The highest BCUT2D eigenvalue weighted by molar-refractivity contribution is 5.36. The Balaban J connectivity index is 3.24. The molecule has 0 saturated heterocycles. The lowest BCUT2D eigenvalue weighted by Gasteiger charge is -2.23. The summed E-state index contributed by atoms with van der Waals surface area (Å²) in [6.07, 6.45) is -4.26. The Kier molecular flexibility index (Phi) is 3.39. The van der Waals surface area contributed by atoms with Crippen LogP contribution in [0.2, 0.25) is 0 Å². The molecule has 0 aliphatic carbocycles. The van der Waals surface area contributed by atoms with Gasteiger partial charge in [0.05, 0.1) is 0 Å². The number of hydrogen-bond acceptors (Lipinski definition) is 1. The van der Waals surface area contributed by atoms with E-state index >= 15 is 0 Å². The lowest BCUT2D eigenvalue weighted by atomic mass is 9.96. The molecule has 4 heteroatoms. The largest absolute Gasteiger partial charge is 0.407 e. The summed E-state index contributed by atoms with van der Waals surface area (Å²) in [5.74, 6) is 0. The van der Waals surface area contributed by atoms with Crippen molar-refractivity contribution in [1.82, 2.24) is 5.32 Å². The SMILES string of the molecule is CNC(c1c(C)cccc1C)C(F)(F)F. The van der Waals surface area contributed by atoms with Gasteiger partial charge in [0.15, 0.2) is 0 Å². The number of benzene rings is 1. The first kappa shape index (κ1) is 12.0. The molecule has 1 aromatic rings. The van der Waals surface area contributed by atoms with Crippen LogP contribution in [0.15, 0.2) is 18.2 Å². The molecule has 0 aromatic heterocycles. The highest BCUT2D eigenvalue weighted by Crippen LogP contribution is 2.35. The number of aryl methyl sites for hydroxylation is 2. The van der Waals surface area contributed by atoms with E-state index in [2.05, 4.69) is 5.32 Å². The van der Waals surface area contributed by atoms with Crippen molar-refractivity contribution in [1.29, 1.82) is 0 Å². The van der Waals surface area contributed by atoms with Crippen LogP contribution >= 0.6 is 0 Å². The highest BCUT2D eigenvalue weighted by atomic mass is 19.4. The summed E-state index contributed by atoms with van der Waals surface area (Å²) >= 11 is 0. The molecule has 0 amide bonds. The fraction of sp³-hybridized carbons (Fsp3) is 0.455. The van der Waals surface area contributed by atoms with Crippen LogP contribution in [0.3, 0.4) is 0 Å². The molecule has 84 valence electrons. The maximum atomic E-state index is 12.7. The zero-order chi connectivity index (χ0) is 11.6. The maximum absolute atomic E-state index is 12.7. The maximum Gasteiger partial charge on any atom is 0.407 e. The van der Waals surface area contributed by atoms with Crippen LogP contribution in [0.25, 0.3) is 0 Å². The molecule has 0 bridgehead atoms. The van der Waals surface area contributed by atoms with E-state index < -0.39 is 12.2 Å². The zero-order valence-corrected chi connectivity index (χ0v) is 8.94. The standard InChI is InChI=1S/C11H14F3N/c1-7-5-4-6-8(2)9(7)10(15-3)11(12,13)14/h4-6,10,15H,1-3H3. The molecule has 1 N–H and O–H groups in total. The van der Waals surface area contributed by atoms with E-state index in [0.29, 0.717) is 16.7 Å². The van der Waals surface area contributed by atoms with Crippen LogP contribution in [0.5, 0.6) is 0 Å². The smallest absolute Gasteiger partial charge is 0.306 e. The van der Waals surface area contributed by atoms with E-state index in [1.165, 1.54) is 7.05 Å². The van der Waals surface area contributed by atoms with Gasteiger partial charge < -0.3 is 5.32 Å². The number of rotatable bonds is 2. The predicted molar refractivity (Wildman–Crippen MR) is 53.8 cm³/mol. The molecule has 0 spiro atoms. The monoisotopic (exact) mass is 217 g/mol. The average molecular weight is 217 g/mol. The summed E-state index contributed by atoms with van der Waals surface area (Å²) in [5, 5.41) is 2.31. The van der Waals surface area contributed by atoms with Gasteiger partial charge in [-0.15, -0.1) is 0 Å². The van der Waals surface area contributed by atoms with Crippen molar-refractivity contribution < 1.29 is 13.2 Å². The van der Waals surface area contributed by atoms with Crippen molar-refractivity contribution in [2.45, 2.75) is 26.1 Å². The molecule has 0 saturated carbocycles. The lowest BCUT2D eigenvalue weighted by molar-refractivity contribution is -0.156. The second kappa shape index (κ2) is 4.23. The van der Waals surface area contributed by atoms with Gasteiger partial charge in [-0.05, 0) is 37.6 Å². The van der Waals surface area contributed by atoms with Crippen LogP contribution < -0.4 is 5.32 Å². The number of hydrogen-bond donors (Lipinski definition) is 1. The minimum Gasteiger partial charge on any atom is -0.306 e. The first-order chi connectivity index (χ1) is 6.88. The summed E-state index contributed by atoms with van der Waals surface area (Å²) in [5.41, 5.74) is 1.64. The topological polar surface area (TPSA) is 12.0 Å². The van der Waals surface area contributed by atoms with Gasteiger partial charge in [0.25, 0.3) is 0 Å². The van der Waals surface area contributed by atoms with E-state index in [4.69, 9.17) is 0 Å². The fourth-order valence-electron chi connectivity index (χ4n) is 1.75. The molecule has 0 fully saturated rings. The van der Waals surface area contributed by atoms with E-state index in [0.717, 1.165) is 0 Å². The summed E-state index contributed by atoms with van der Waals surface area (Å²) in [7, 11) is 1.32. The number of nitrogens with one attached hydrogen (secondary N) is 1. The summed E-state index contributed by atoms with van der Waals surface area (Å²) in [4.78, 5) is 0. The first-order valence-corrected chi connectivity index (χ1v) is 4.68. The fourth-order valence-corrected chi connectivity index (χ4v) is 1.75. The Morgan fingerprint density at radius 2 is 1.60 bits per heavy atom. The van der Waals surface area contributed by atoms with Crippen LogP contribution in [0, 0.1) is 13.8 Å². The van der Waals surface area contributed by atoms with E-state index in [1.807, 2.05) is 0 Å². The zero-order valence-electron chi connectivity index (χ0n) is 8.94. The number of halogens is 3. The van der Waals surface area contributed by atoms with E-state index in [-0.39, 0.29) is 0 Å². The van der Waals surface area contributed by atoms with Gasteiger partial charge in [-0.1, -0.05) is 18.2 Å². The van der Waals surface area contributed by atoms with Gasteiger partial charge in [0.2, 0.25) is 0 Å². The predicted octanol–water partition coefficient (Wildman–Crippen LogP) is 3.13. The Morgan fingerprint density at radius 1 is 1.13 bits per heavy atom. The Hall–Kier alpha value is -1.03. The van der Waals surface area contributed by atoms with Gasteiger partial charge in [0, 0.05) is 0 Å². The van der Waals surface area contributed by atoms with Crippen molar-refractivity contribution in [3.05, 3.63) is 34.9 Å². The molecule has 1 aromatic carbocycles. The van der Waals surface area contributed by atoms with Gasteiger partial charge >= 0.3 is 6.18 Å². The van der Waals surface area contributed by atoms with Crippen LogP contribution in [0.1, 0.15) is 22.7 Å². The van der Waals surface area contributed by atoms with Crippen molar-refractivity contribution >= 4 is 0 Å². The second-order valence-electron chi connectivity index (χ2n) is 3.57. The summed E-state index contributed by atoms with van der Waals surface area (Å²) < 4.78 is 38.1. The third-order valence-corrected chi connectivity index (χ3v) is 2.45. The van der Waals surface area contributed by atoms with Crippen LogP contribution in [-0.4, -0.2) is 13.2 Å². The minimum absolute atomic E-state index is 0.326. The van der Waals surface area contributed by atoms with Crippen LogP contribution in [-0.2, 0) is 0 Å². The number of alkyl halides is 3. The lowest BCUT2D eigenvalue weighted by Crippen LogP contribution is -2.32. The first-order valence-electron chi connectivity index (χ1n) is 4.68. The summed E-state index contributed by atoms with van der Waals surface area (Å²) in [6, 6.07) is 3.56. The molecule has 1 unspecified atom stereocenters. The van der Waals surface area contributed by atoms with Gasteiger partial charge in [-0.25, -0.2) is 0 Å². The highest BCUT2D eigenvalue weighted by Gasteiger charge is 2.40. The Labute approximate surface area is 87.3 Å². The molecule has 1 atom stereocenters.